The van der Waals surface area contributed by atoms with Crippen molar-refractivity contribution in [2.24, 2.45) is 4.99 Å². The molecule has 0 radical (unpaired) electrons. The van der Waals surface area contributed by atoms with Gasteiger partial charge in [-0.25, -0.2) is 4.99 Å². The van der Waals surface area contributed by atoms with E-state index in [0.717, 1.165) is 38.5 Å². The number of benzene rings is 1. The number of aliphatic imine (C=N–C) groups is 1. The summed E-state index contributed by atoms with van der Waals surface area (Å²) in [5.41, 5.74) is 2.33. The minimum absolute atomic E-state index is 0.0684. The molecule has 0 spiro atoms. The minimum Gasteiger partial charge on any atom is -0.378 e. The Balaban J connectivity index is 1.96. The third-order valence-electron chi connectivity index (χ3n) is 4.12. The molecule has 1 unspecified atom stereocenters. The van der Waals surface area contributed by atoms with E-state index in [1.165, 1.54) is 11.3 Å². The summed E-state index contributed by atoms with van der Waals surface area (Å²) in [4.78, 5) is 6.80. The molecular formula is C18H30N4O. The summed E-state index contributed by atoms with van der Waals surface area (Å²) < 4.78 is 5.82. The number of guanidine groups is 1. The molecule has 2 rings (SSSR count). The lowest BCUT2D eigenvalue weighted by Gasteiger charge is -2.24. The molecule has 0 aliphatic carbocycles. The molecule has 1 aliphatic rings. The molecule has 0 amide bonds. The van der Waals surface area contributed by atoms with Gasteiger partial charge < -0.3 is 20.3 Å². The molecule has 5 heteroatoms. The summed E-state index contributed by atoms with van der Waals surface area (Å²) in [7, 11) is 4.10. The maximum absolute atomic E-state index is 5.82. The zero-order valence-electron chi connectivity index (χ0n) is 14.9. The van der Waals surface area contributed by atoms with Crippen molar-refractivity contribution in [3.05, 3.63) is 29.8 Å². The van der Waals surface area contributed by atoms with Crippen LogP contribution >= 0.6 is 0 Å². The van der Waals surface area contributed by atoms with Crippen molar-refractivity contribution in [1.82, 2.24) is 10.6 Å². The summed E-state index contributed by atoms with van der Waals surface area (Å²) >= 11 is 0. The first-order chi connectivity index (χ1) is 11.0. The smallest absolute Gasteiger partial charge is 0.191 e. The molecule has 128 valence electrons. The second-order valence-corrected chi connectivity index (χ2v) is 6.51. The van der Waals surface area contributed by atoms with Gasteiger partial charge in [0.05, 0.1) is 12.1 Å². The van der Waals surface area contributed by atoms with Gasteiger partial charge in [-0.1, -0.05) is 12.1 Å². The predicted octanol–water partition coefficient (Wildman–Crippen LogP) is 2.38. The van der Waals surface area contributed by atoms with Crippen molar-refractivity contribution in [1.29, 1.82) is 0 Å². The number of ether oxygens (including phenoxy) is 1. The monoisotopic (exact) mass is 318 g/mol. The molecule has 5 nitrogen and oxygen atoms in total. The number of nitrogens with one attached hydrogen (secondary N) is 2. The summed E-state index contributed by atoms with van der Waals surface area (Å²) in [6.07, 6.45) is 2.24. The van der Waals surface area contributed by atoms with Crippen LogP contribution in [0.1, 0.15) is 32.3 Å². The van der Waals surface area contributed by atoms with Gasteiger partial charge in [0.1, 0.15) is 0 Å². The molecule has 1 saturated heterocycles. The first-order valence-electron chi connectivity index (χ1n) is 8.45. The van der Waals surface area contributed by atoms with Gasteiger partial charge in [0.15, 0.2) is 5.96 Å². The second kappa shape index (κ2) is 8.20. The van der Waals surface area contributed by atoms with Gasteiger partial charge in [0.2, 0.25) is 0 Å². The van der Waals surface area contributed by atoms with Crippen molar-refractivity contribution in [3.8, 4) is 0 Å². The molecule has 1 aromatic rings. The predicted molar refractivity (Wildman–Crippen MR) is 97.2 cm³/mol. The molecule has 0 bridgehead atoms. The summed E-state index contributed by atoms with van der Waals surface area (Å²) in [5, 5.41) is 6.72. The number of hydrogen-bond donors (Lipinski definition) is 2. The van der Waals surface area contributed by atoms with E-state index >= 15 is 0 Å². The molecule has 2 N–H and O–H groups in total. The van der Waals surface area contributed by atoms with Crippen LogP contribution in [0, 0.1) is 0 Å². The second-order valence-electron chi connectivity index (χ2n) is 6.51. The highest BCUT2D eigenvalue weighted by molar-refractivity contribution is 5.79. The Labute approximate surface area is 140 Å². The SMILES string of the molecule is CCNC(=NCc1cccc(N(C)C)c1)NCC1(C)CCCO1. The highest BCUT2D eigenvalue weighted by Gasteiger charge is 2.29. The lowest BCUT2D eigenvalue weighted by molar-refractivity contribution is 0.0243. The Morgan fingerprint density at radius 2 is 2.17 bits per heavy atom. The maximum atomic E-state index is 5.82. The first kappa shape index (κ1) is 17.6. The number of hydrogen-bond acceptors (Lipinski definition) is 3. The van der Waals surface area contributed by atoms with Gasteiger partial charge in [0, 0.05) is 39.5 Å². The normalized spacial score (nSPS) is 21.3. The summed E-state index contributed by atoms with van der Waals surface area (Å²) in [6, 6.07) is 8.47. The van der Waals surface area contributed by atoms with Crippen LogP contribution in [0.25, 0.3) is 0 Å². The van der Waals surface area contributed by atoms with Gasteiger partial charge in [-0.05, 0) is 44.4 Å². The third kappa shape index (κ3) is 5.43. The first-order valence-corrected chi connectivity index (χ1v) is 8.45. The van der Waals surface area contributed by atoms with Crippen molar-refractivity contribution in [2.45, 2.75) is 38.8 Å². The van der Waals surface area contributed by atoms with Crippen LogP contribution in [0.5, 0.6) is 0 Å². The van der Waals surface area contributed by atoms with Crippen LogP contribution in [-0.2, 0) is 11.3 Å². The third-order valence-corrected chi connectivity index (χ3v) is 4.12. The van der Waals surface area contributed by atoms with E-state index in [-0.39, 0.29) is 5.60 Å². The number of anilines is 1. The zero-order chi connectivity index (χ0) is 16.7. The van der Waals surface area contributed by atoms with Gasteiger partial charge in [-0.3, -0.25) is 0 Å². The largest absolute Gasteiger partial charge is 0.378 e. The topological polar surface area (TPSA) is 48.9 Å². The number of nitrogens with zero attached hydrogens (tertiary/aromatic N) is 2. The highest BCUT2D eigenvalue weighted by Crippen LogP contribution is 2.23. The van der Waals surface area contributed by atoms with Crippen molar-refractivity contribution < 1.29 is 4.74 Å². The van der Waals surface area contributed by atoms with E-state index in [9.17, 15) is 0 Å². The lowest BCUT2D eigenvalue weighted by atomic mass is 10.0. The van der Waals surface area contributed by atoms with E-state index < -0.39 is 0 Å². The fourth-order valence-electron chi connectivity index (χ4n) is 2.69. The van der Waals surface area contributed by atoms with Gasteiger partial charge in [-0.15, -0.1) is 0 Å². The maximum Gasteiger partial charge on any atom is 0.191 e. The van der Waals surface area contributed by atoms with Crippen LogP contribution in [-0.4, -0.2) is 45.4 Å². The van der Waals surface area contributed by atoms with E-state index in [4.69, 9.17) is 9.73 Å². The Bertz CT molecular complexity index is 522. The molecule has 0 saturated carbocycles. The molecule has 23 heavy (non-hydrogen) atoms. The molecule has 1 fully saturated rings. The number of rotatable bonds is 6. The highest BCUT2D eigenvalue weighted by atomic mass is 16.5. The van der Waals surface area contributed by atoms with Crippen LogP contribution in [0.15, 0.2) is 29.3 Å². The van der Waals surface area contributed by atoms with Crippen LogP contribution in [0.2, 0.25) is 0 Å². The molecule has 1 atom stereocenters. The zero-order valence-corrected chi connectivity index (χ0v) is 14.9. The molecule has 1 aromatic carbocycles. The van der Waals surface area contributed by atoms with Crippen LogP contribution < -0.4 is 15.5 Å². The van der Waals surface area contributed by atoms with Crippen LogP contribution in [0.4, 0.5) is 5.69 Å². The van der Waals surface area contributed by atoms with Gasteiger partial charge in [0.25, 0.3) is 0 Å². The minimum atomic E-state index is -0.0684. The standard InChI is InChI=1S/C18H30N4O/c1-5-19-17(21-14-18(2)10-7-11-23-18)20-13-15-8-6-9-16(12-15)22(3)4/h6,8-9,12H,5,7,10-11,13-14H2,1-4H3,(H2,19,20,21). The van der Waals surface area contributed by atoms with E-state index in [1.807, 2.05) is 0 Å². The Kier molecular flexibility index (Phi) is 6.28. The average molecular weight is 318 g/mol. The average Bonchev–Trinajstić information content (AvgIpc) is 2.97. The van der Waals surface area contributed by atoms with E-state index in [0.29, 0.717) is 6.54 Å². The quantitative estimate of drug-likeness (QED) is 0.624. The Morgan fingerprint density at radius 3 is 2.83 bits per heavy atom. The fraction of sp³-hybridized carbons (Fsp3) is 0.611. The molecule has 1 heterocycles. The van der Waals surface area contributed by atoms with Crippen molar-refractivity contribution in [3.63, 3.8) is 0 Å². The van der Waals surface area contributed by atoms with Crippen LogP contribution in [0.3, 0.4) is 0 Å². The lowest BCUT2D eigenvalue weighted by Crippen LogP contribution is -2.45. The van der Waals surface area contributed by atoms with Crippen molar-refractivity contribution >= 4 is 11.6 Å². The van der Waals surface area contributed by atoms with Gasteiger partial charge in [-0.2, -0.15) is 0 Å². The molecular weight excluding hydrogens is 288 g/mol. The van der Waals surface area contributed by atoms with E-state index in [1.54, 1.807) is 0 Å². The summed E-state index contributed by atoms with van der Waals surface area (Å²) in [5.74, 6) is 0.847. The Morgan fingerprint density at radius 1 is 1.35 bits per heavy atom. The summed E-state index contributed by atoms with van der Waals surface area (Å²) in [6.45, 7) is 7.41. The van der Waals surface area contributed by atoms with Gasteiger partial charge >= 0.3 is 0 Å². The Hall–Kier alpha value is -1.75. The molecule has 1 aliphatic heterocycles. The molecule has 0 aromatic heterocycles. The van der Waals surface area contributed by atoms with Crippen molar-refractivity contribution in [2.75, 3.05) is 38.7 Å². The van der Waals surface area contributed by atoms with E-state index in [2.05, 4.69) is 67.7 Å². The fourth-order valence-corrected chi connectivity index (χ4v) is 2.69.